The van der Waals surface area contributed by atoms with Crippen molar-refractivity contribution in [2.24, 2.45) is 0 Å². The number of amides is 1. The molecule has 0 unspecified atom stereocenters. The molecule has 0 radical (unpaired) electrons. The van der Waals surface area contributed by atoms with E-state index in [2.05, 4.69) is 10.1 Å². The molecule has 7 nitrogen and oxygen atoms in total. The van der Waals surface area contributed by atoms with E-state index in [4.69, 9.17) is 20.9 Å². The Labute approximate surface area is 156 Å². The van der Waals surface area contributed by atoms with Gasteiger partial charge in [-0.15, -0.1) is 0 Å². The van der Waals surface area contributed by atoms with Gasteiger partial charge in [0.1, 0.15) is 6.42 Å². The van der Waals surface area contributed by atoms with Crippen LogP contribution in [0.2, 0.25) is 5.02 Å². The molecule has 1 fully saturated rings. The third kappa shape index (κ3) is 4.40. The molecule has 1 aliphatic rings. The van der Waals surface area contributed by atoms with Crippen LogP contribution in [0.3, 0.4) is 0 Å². The highest BCUT2D eigenvalue weighted by Crippen LogP contribution is 2.29. The van der Waals surface area contributed by atoms with Crippen LogP contribution in [0.15, 0.2) is 28.8 Å². The van der Waals surface area contributed by atoms with Crippen LogP contribution >= 0.6 is 11.6 Å². The number of nitrogens with zero attached hydrogens (tertiary/aromatic N) is 3. The van der Waals surface area contributed by atoms with E-state index in [9.17, 15) is 9.59 Å². The zero-order chi connectivity index (χ0) is 18.5. The Morgan fingerprint density at radius 1 is 1.27 bits per heavy atom. The van der Waals surface area contributed by atoms with E-state index in [1.807, 2.05) is 12.1 Å². The summed E-state index contributed by atoms with van der Waals surface area (Å²) in [6, 6.07) is 7.24. The predicted molar refractivity (Wildman–Crippen MR) is 94.5 cm³/mol. The molecule has 1 aromatic heterocycles. The average molecular weight is 378 g/mol. The van der Waals surface area contributed by atoms with Gasteiger partial charge in [0.2, 0.25) is 17.6 Å². The van der Waals surface area contributed by atoms with Gasteiger partial charge >= 0.3 is 5.97 Å². The summed E-state index contributed by atoms with van der Waals surface area (Å²) in [4.78, 5) is 29.7. The molecule has 0 aliphatic carbocycles. The lowest BCUT2D eigenvalue weighted by Gasteiger charge is -2.30. The quantitative estimate of drug-likeness (QED) is 0.588. The molecule has 2 heterocycles. The number of esters is 1. The molecule has 0 saturated carbocycles. The SMILES string of the molecule is CCOC(=O)CC(=O)N1CCC(c2nc(-c3ccc(Cl)cc3)no2)CC1. The first kappa shape index (κ1) is 18.4. The van der Waals surface area contributed by atoms with E-state index in [0.29, 0.717) is 29.8 Å². The summed E-state index contributed by atoms with van der Waals surface area (Å²) in [6.45, 7) is 3.11. The summed E-state index contributed by atoms with van der Waals surface area (Å²) in [5.74, 6) is 0.526. The van der Waals surface area contributed by atoms with Crippen LogP contribution in [0.4, 0.5) is 0 Å². The number of hydrogen-bond donors (Lipinski definition) is 0. The van der Waals surface area contributed by atoms with Gasteiger partial charge < -0.3 is 14.2 Å². The number of ether oxygens (including phenoxy) is 1. The summed E-state index contributed by atoms with van der Waals surface area (Å²) in [6.07, 6.45) is 1.23. The highest BCUT2D eigenvalue weighted by molar-refractivity contribution is 6.30. The number of carbonyl (C=O) groups is 2. The molecule has 138 valence electrons. The minimum Gasteiger partial charge on any atom is -0.466 e. The lowest BCUT2D eigenvalue weighted by molar-refractivity contribution is -0.149. The third-order valence-corrected chi connectivity index (χ3v) is 4.59. The maximum absolute atomic E-state index is 12.1. The zero-order valence-corrected chi connectivity index (χ0v) is 15.2. The fraction of sp³-hybridized carbons (Fsp3) is 0.444. The van der Waals surface area contributed by atoms with Crippen molar-refractivity contribution in [2.75, 3.05) is 19.7 Å². The number of piperidine rings is 1. The molecule has 26 heavy (non-hydrogen) atoms. The van der Waals surface area contributed by atoms with Crippen LogP contribution in [-0.4, -0.2) is 46.6 Å². The van der Waals surface area contributed by atoms with E-state index >= 15 is 0 Å². The molecule has 8 heteroatoms. The highest BCUT2D eigenvalue weighted by atomic mass is 35.5. The predicted octanol–water partition coefficient (Wildman–Crippen LogP) is 3.05. The Hall–Kier alpha value is -2.41. The van der Waals surface area contributed by atoms with Crippen molar-refractivity contribution in [1.82, 2.24) is 15.0 Å². The summed E-state index contributed by atoms with van der Waals surface area (Å²) < 4.78 is 10.2. The Bertz CT molecular complexity index is 767. The van der Waals surface area contributed by atoms with Gasteiger partial charge in [0.25, 0.3) is 0 Å². The van der Waals surface area contributed by atoms with Gasteiger partial charge in [-0.3, -0.25) is 9.59 Å². The first-order chi connectivity index (χ1) is 12.6. The Morgan fingerprint density at radius 2 is 1.96 bits per heavy atom. The number of benzene rings is 1. The first-order valence-corrected chi connectivity index (χ1v) is 8.97. The molecule has 1 amide bonds. The summed E-state index contributed by atoms with van der Waals surface area (Å²) in [5.41, 5.74) is 0.839. The first-order valence-electron chi connectivity index (χ1n) is 8.59. The monoisotopic (exact) mass is 377 g/mol. The molecule has 0 atom stereocenters. The van der Waals surface area contributed by atoms with Crippen LogP contribution in [-0.2, 0) is 14.3 Å². The highest BCUT2D eigenvalue weighted by Gasteiger charge is 2.28. The Balaban J connectivity index is 1.56. The minimum atomic E-state index is -0.482. The second-order valence-corrected chi connectivity index (χ2v) is 6.54. The van der Waals surface area contributed by atoms with Crippen molar-refractivity contribution in [2.45, 2.75) is 32.1 Å². The fourth-order valence-electron chi connectivity index (χ4n) is 2.94. The Kier molecular flexibility index (Phi) is 5.88. The second kappa shape index (κ2) is 8.31. The van der Waals surface area contributed by atoms with Crippen LogP contribution < -0.4 is 0 Å². The van der Waals surface area contributed by atoms with Crippen LogP contribution in [0, 0.1) is 0 Å². The topological polar surface area (TPSA) is 85.5 Å². The van der Waals surface area contributed by atoms with Crippen molar-refractivity contribution in [1.29, 1.82) is 0 Å². The van der Waals surface area contributed by atoms with Crippen molar-refractivity contribution in [3.8, 4) is 11.4 Å². The molecular formula is C18H20ClN3O4. The number of hydrogen-bond acceptors (Lipinski definition) is 6. The van der Waals surface area contributed by atoms with Crippen molar-refractivity contribution in [3.63, 3.8) is 0 Å². The van der Waals surface area contributed by atoms with E-state index in [-0.39, 0.29) is 24.9 Å². The number of rotatable bonds is 5. The van der Waals surface area contributed by atoms with Gasteiger partial charge in [-0.05, 0) is 44.0 Å². The maximum atomic E-state index is 12.1. The van der Waals surface area contributed by atoms with Gasteiger partial charge in [0.15, 0.2) is 0 Å². The van der Waals surface area contributed by atoms with Gasteiger partial charge in [-0.2, -0.15) is 4.98 Å². The summed E-state index contributed by atoms with van der Waals surface area (Å²) in [5, 5.41) is 4.68. The smallest absolute Gasteiger partial charge is 0.315 e. The average Bonchev–Trinajstić information content (AvgIpc) is 3.12. The van der Waals surface area contributed by atoms with E-state index in [1.165, 1.54) is 0 Å². The zero-order valence-electron chi connectivity index (χ0n) is 14.5. The number of likely N-dealkylation sites (tertiary alicyclic amines) is 1. The normalized spacial score (nSPS) is 15.1. The van der Waals surface area contributed by atoms with Crippen molar-refractivity contribution >= 4 is 23.5 Å². The van der Waals surface area contributed by atoms with E-state index in [1.54, 1.807) is 24.0 Å². The Morgan fingerprint density at radius 3 is 2.62 bits per heavy atom. The molecule has 0 N–H and O–H groups in total. The fourth-order valence-corrected chi connectivity index (χ4v) is 3.07. The second-order valence-electron chi connectivity index (χ2n) is 6.10. The molecule has 1 aromatic carbocycles. The van der Waals surface area contributed by atoms with Gasteiger partial charge in [-0.1, -0.05) is 16.8 Å². The summed E-state index contributed by atoms with van der Waals surface area (Å²) in [7, 11) is 0. The molecule has 0 bridgehead atoms. The van der Waals surface area contributed by atoms with Gasteiger partial charge in [-0.25, -0.2) is 0 Å². The number of carbonyl (C=O) groups excluding carboxylic acids is 2. The molecule has 3 rings (SSSR count). The molecule has 2 aromatic rings. The largest absolute Gasteiger partial charge is 0.466 e. The van der Waals surface area contributed by atoms with Crippen molar-refractivity contribution < 1.29 is 18.8 Å². The minimum absolute atomic E-state index is 0.107. The molecule has 0 spiro atoms. The van der Waals surface area contributed by atoms with Gasteiger partial charge in [0.05, 0.1) is 6.61 Å². The van der Waals surface area contributed by atoms with Gasteiger partial charge in [0, 0.05) is 29.6 Å². The molecular weight excluding hydrogens is 358 g/mol. The van der Waals surface area contributed by atoms with E-state index in [0.717, 1.165) is 18.4 Å². The van der Waals surface area contributed by atoms with Crippen LogP contribution in [0.1, 0.15) is 38.0 Å². The lowest BCUT2D eigenvalue weighted by atomic mass is 9.96. The van der Waals surface area contributed by atoms with E-state index < -0.39 is 5.97 Å². The van der Waals surface area contributed by atoms with Crippen LogP contribution in [0.25, 0.3) is 11.4 Å². The lowest BCUT2D eigenvalue weighted by Crippen LogP contribution is -2.39. The van der Waals surface area contributed by atoms with Crippen LogP contribution in [0.5, 0.6) is 0 Å². The summed E-state index contributed by atoms with van der Waals surface area (Å²) >= 11 is 5.89. The number of aromatic nitrogens is 2. The standard InChI is InChI=1S/C18H20ClN3O4/c1-2-25-16(24)11-15(23)22-9-7-13(8-10-22)18-20-17(21-26-18)12-3-5-14(19)6-4-12/h3-6,13H,2,7-11H2,1H3. The third-order valence-electron chi connectivity index (χ3n) is 4.34. The maximum Gasteiger partial charge on any atom is 0.315 e. The molecule has 1 saturated heterocycles. The molecule has 1 aliphatic heterocycles. The van der Waals surface area contributed by atoms with Crippen molar-refractivity contribution in [3.05, 3.63) is 35.2 Å². The number of halogens is 1.